The summed E-state index contributed by atoms with van der Waals surface area (Å²) in [7, 11) is 1.57. The molecule has 0 bridgehead atoms. The zero-order chi connectivity index (χ0) is 18.1. The summed E-state index contributed by atoms with van der Waals surface area (Å²) in [6, 6.07) is 10.5. The summed E-state index contributed by atoms with van der Waals surface area (Å²) in [6.45, 7) is 1.90. The van der Waals surface area contributed by atoms with Crippen LogP contribution in [0, 0.1) is 0 Å². The minimum Gasteiger partial charge on any atom is -0.497 e. The predicted molar refractivity (Wildman–Crippen MR) is 96.1 cm³/mol. The maximum absolute atomic E-state index is 12.0. The highest BCUT2D eigenvalue weighted by molar-refractivity contribution is 5.91. The van der Waals surface area contributed by atoms with E-state index in [1.165, 1.54) is 0 Å². The van der Waals surface area contributed by atoms with E-state index in [0.717, 1.165) is 6.42 Å². The molecule has 0 radical (unpaired) electrons. The van der Waals surface area contributed by atoms with Crippen molar-refractivity contribution in [3.8, 4) is 11.5 Å². The molecule has 3 N–H and O–H groups in total. The standard InChI is InChI=1S/C18H23N3O4/c1-3-13(11-22)20-17-8-7-14(10-19-17)21-18(23)12-25-16-6-4-5-15(9-16)24-2/h4-10,13,22H,3,11-12H2,1-2H3,(H,19,20)(H,21,23). The number of aliphatic hydroxyl groups excluding tert-OH is 1. The topological polar surface area (TPSA) is 92.7 Å². The van der Waals surface area contributed by atoms with Gasteiger partial charge in [0.2, 0.25) is 0 Å². The van der Waals surface area contributed by atoms with Gasteiger partial charge < -0.3 is 25.2 Å². The van der Waals surface area contributed by atoms with E-state index in [9.17, 15) is 9.90 Å². The molecule has 0 fully saturated rings. The minimum absolute atomic E-state index is 0.0378. The second kappa shape index (κ2) is 9.48. The van der Waals surface area contributed by atoms with Crippen LogP contribution in [0.4, 0.5) is 11.5 Å². The molecular formula is C18H23N3O4. The molecule has 0 aliphatic heterocycles. The van der Waals surface area contributed by atoms with E-state index in [1.807, 2.05) is 6.92 Å². The highest BCUT2D eigenvalue weighted by Gasteiger charge is 2.07. The Balaban J connectivity index is 1.83. The lowest BCUT2D eigenvalue weighted by atomic mass is 10.2. The molecule has 7 heteroatoms. The molecule has 1 heterocycles. The average molecular weight is 345 g/mol. The predicted octanol–water partition coefficient (Wildman–Crippen LogP) is 2.29. The second-order valence-electron chi connectivity index (χ2n) is 5.38. The van der Waals surface area contributed by atoms with Crippen LogP contribution in [0.3, 0.4) is 0 Å². The largest absolute Gasteiger partial charge is 0.497 e. The van der Waals surface area contributed by atoms with Crippen LogP contribution in [0.2, 0.25) is 0 Å². The lowest BCUT2D eigenvalue weighted by molar-refractivity contribution is -0.118. The Kier molecular flexibility index (Phi) is 7.03. The quantitative estimate of drug-likeness (QED) is 0.646. The van der Waals surface area contributed by atoms with Gasteiger partial charge in [-0.15, -0.1) is 0 Å². The van der Waals surface area contributed by atoms with Crippen molar-refractivity contribution in [1.29, 1.82) is 0 Å². The number of hydrogen-bond donors (Lipinski definition) is 3. The molecule has 25 heavy (non-hydrogen) atoms. The molecule has 0 aliphatic carbocycles. The maximum Gasteiger partial charge on any atom is 0.262 e. The molecule has 134 valence electrons. The van der Waals surface area contributed by atoms with Gasteiger partial charge in [-0.2, -0.15) is 0 Å². The van der Waals surface area contributed by atoms with Gasteiger partial charge in [0.15, 0.2) is 6.61 Å². The molecular weight excluding hydrogens is 322 g/mol. The molecule has 2 rings (SSSR count). The lowest BCUT2D eigenvalue weighted by Crippen LogP contribution is -2.23. The van der Waals surface area contributed by atoms with E-state index in [0.29, 0.717) is 23.0 Å². The summed E-state index contributed by atoms with van der Waals surface area (Å²) in [5, 5.41) is 15.0. The third-order valence-corrected chi connectivity index (χ3v) is 3.52. The monoisotopic (exact) mass is 345 g/mol. The molecule has 0 spiro atoms. The zero-order valence-corrected chi connectivity index (χ0v) is 14.4. The summed E-state index contributed by atoms with van der Waals surface area (Å²) in [4.78, 5) is 16.2. The van der Waals surface area contributed by atoms with Crippen LogP contribution < -0.4 is 20.1 Å². The van der Waals surface area contributed by atoms with Crippen molar-refractivity contribution in [2.45, 2.75) is 19.4 Å². The number of ether oxygens (including phenoxy) is 2. The molecule has 2 aromatic rings. The molecule has 1 atom stereocenters. The van der Waals surface area contributed by atoms with Crippen LogP contribution in [-0.4, -0.2) is 42.4 Å². The lowest BCUT2D eigenvalue weighted by Gasteiger charge is -2.14. The molecule has 1 aromatic carbocycles. The number of nitrogens with one attached hydrogen (secondary N) is 2. The second-order valence-corrected chi connectivity index (χ2v) is 5.38. The van der Waals surface area contributed by atoms with Crippen molar-refractivity contribution in [2.75, 3.05) is 31.0 Å². The van der Waals surface area contributed by atoms with E-state index < -0.39 is 0 Å². The summed E-state index contributed by atoms with van der Waals surface area (Å²) < 4.78 is 10.5. The van der Waals surface area contributed by atoms with Gasteiger partial charge in [0.25, 0.3) is 5.91 Å². The van der Waals surface area contributed by atoms with Gasteiger partial charge in [0, 0.05) is 6.07 Å². The smallest absolute Gasteiger partial charge is 0.262 e. The van der Waals surface area contributed by atoms with Gasteiger partial charge in [-0.3, -0.25) is 4.79 Å². The SMILES string of the molecule is CCC(CO)Nc1ccc(NC(=O)COc2cccc(OC)c2)cn1. The maximum atomic E-state index is 12.0. The summed E-state index contributed by atoms with van der Waals surface area (Å²) in [6.07, 6.45) is 2.34. The number of aromatic nitrogens is 1. The first-order valence-electron chi connectivity index (χ1n) is 8.04. The number of rotatable bonds is 9. The van der Waals surface area contributed by atoms with Gasteiger partial charge in [0.1, 0.15) is 17.3 Å². The minimum atomic E-state index is -0.285. The number of pyridine rings is 1. The first-order valence-corrected chi connectivity index (χ1v) is 8.04. The number of carbonyl (C=O) groups is 1. The molecule has 1 amide bonds. The fourth-order valence-corrected chi connectivity index (χ4v) is 2.08. The number of carbonyl (C=O) groups excluding carboxylic acids is 1. The van der Waals surface area contributed by atoms with Gasteiger partial charge in [-0.25, -0.2) is 4.98 Å². The Morgan fingerprint density at radius 3 is 2.72 bits per heavy atom. The molecule has 1 unspecified atom stereocenters. The van der Waals surface area contributed by atoms with E-state index >= 15 is 0 Å². The molecule has 0 saturated carbocycles. The number of benzene rings is 1. The molecule has 0 aliphatic rings. The number of aliphatic hydroxyl groups is 1. The van der Waals surface area contributed by atoms with Gasteiger partial charge >= 0.3 is 0 Å². The van der Waals surface area contributed by atoms with E-state index in [4.69, 9.17) is 9.47 Å². The Morgan fingerprint density at radius 2 is 2.08 bits per heavy atom. The number of nitrogens with zero attached hydrogens (tertiary/aromatic N) is 1. The van der Waals surface area contributed by atoms with Crippen molar-refractivity contribution >= 4 is 17.4 Å². The van der Waals surface area contributed by atoms with Crippen molar-refractivity contribution < 1.29 is 19.4 Å². The van der Waals surface area contributed by atoms with Gasteiger partial charge in [-0.1, -0.05) is 13.0 Å². The number of amides is 1. The van der Waals surface area contributed by atoms with Crippen LogP contribution in [0.25, 0.3) is 0 Å². The van der Waals surface area contributed by atoms with Crippen molar-refractivity contribution in [3.63, 3.8) is 0 Å². The first kappa shape index (κ1) is 18.5. The van der Waals surface area contributed by atoms with Crippen molar-refractivity contribution in [3.05, 3.63) is 42.6 Å². The van der Waals surface area contributed by atoms with E-state index in [2.05, 4.69) is 15.6 Å². The summed E-state index contributed by atoms with van der Waals surface area (Å²) in [5.74, 6) is 1.58. The first-order chi connectivity index (χ1) is 12.1. The van der Waals surface area contributed by atoms with Crippen LogP contribution in [0.1, 0.15) is 13.3 Å². The third-order valence-electron chi connectivity index (χ3n) is 3.52. The van der Waals surface area contributed by atoms with Crippen LogP contribution in [0.5, 0.6) is 11.5 Å². The average Bonchev–Trinajstić information content (AvgIpc) is 2.66. The zero-order valence-electron chi connectivity index (χ0n) is 14.4. The Bertz CT molecular complexity index is 672. The normalized spacial score (nSPS) is 11.5. The van der Waals surface area contributed by atoms with Crippen LogP contribution >= 0.6 is 0 Å². The fourth-order valence-electron chi connectivity index (χ4n) is 2.08. The summed E-state index contributed by atoms with van der Waals surface area (Å²) >= 11 is 0. The Morgan fingerprint density at radius 1 is 1.28 bits per heavy atom. The van der Waals surface area contributed by atoms with Crippen molar-refractivity contribution in [1.82, 2.24) is 4.98 Å². The highest BCUT2D eigenvalue weighted by atomic mass is 16.5. The van der Waals surface area contributed by atoms with Crippen LogP contribution in [0.15, 0.2) is 42.6 Å². The highest BCUT2D eigenvalue weighted by Crippen LogP contribution is 2.19. The van der Waals surface area contributed by atoms with E-state index in [1.54, 1.807) is 49.7 Å². The molecule has 0 saturated heterocycles. The van der Waals surface area contributed by atoms with Gasteiger partial charge in [0.05, 0.1) is 31.6 Å². The van der Waals surface area contributed by atoms with Gasteiger partial charge in [-0.05, 0) is 30.7 Å². The van der Waals surface area contributed by atoms with E-state index in [-0.39, 0.29) is 25.2 Å². The Labute approximate surface area is 147 Å². The summed E-state index contributed by atoms with van der Waals surface area (Å²) in [5.41, 5.74) is 0.571. The number of methoxy groups -OCH3 is 1. The molecule has 1 aromatic heterocycles. The number of anilines is 2. The fraction of sp³-hybridized carbons (Fsp3) is 0.333. The molecule has 7 nitrogen and oxygen atoms in total. The third kappa shape index (κ3) is 5.96. The Hall–Kier alpha value is -2.80. The number of hydrogen-bond acceptors (Lipinski definition) is 6. The van der Waals surface area contributed by atoms with Crippen molar-refractivity contribution in [2.24, 2.45) is 0 Å². The van der Waals surface area contributed by atoms with Crippen LogP contribution in [-0.2, 0) is 4.79 Å².